The summed E-state index contributed by atoms with van der Waals surface area (Å²) in [7, 11) is 0. The molecule has 7 nitrogen and oxygen atoms in total. The standard InChI is InChI=1S/C24H26N4O3S/c1-32-12-11-19(15-29)27-28-24(31)20-9-7-17(8-10-23(30)22-14-25-16-26-22)13-21(20)18-5-3-2-4-6-18/h2-7,9,13-16,19,27H,8,10-12H2,1H3,(H,25,26)(H,28,31)/t19-/m1/s1. The van der Waals surface area contributed by atoms with Crippen LogP contribution in [0.1, 0.15) is 39.3 Å². The number of ketones is 1. The maximum atomic E-state index is 12.9. The molecule has 0 spiro atoms. The summed E-state index contributed by atoms with van der Waals surface area (Å²) < 4.78 is 0. The lowest BCUT2D eigenvalue weighted by molar-refractivity contribution is -0.109. The maximum Gasteiger partial charge on any atom is 0.266 e. The zero-order valence-electron chi connectivity index (χ0n) is 17.8. The van der Waals surface area contributed by atoms with Gasteiger partial charge in [-0.05, 0) is 47.6 Å². The summed E-state index contributed by atoms with van der Waals surface area (Å²) >= 11 is 1.64. The number of hydrazine groups is 1. The lowest BCUT2D eigenvalue weighted by Gasteiger charge is -2.16. The van der Waals surface area contributed by atoms with E-state index in [0.717, 1.165) is 28.7 Å². The molecule has 0 radical (unpaired) electrons. The molecule has 0 bridgehead atoms. The third-order valence-electron chi connectivity index (χ3n) is 5.02. The number of carbonyl (C=O) groups excluding carboxylic acids is 3. The normalized spacial score (nSPS) is 11.7. The van der Waals surface area contributed by atoms with Crippen molar-refractivity contribution in [3.05, 3.63) is 77.9 Å². The molecule has 2 aromatic carbocycles. The number of aromatic amines is 1. The van der Waals surface area contributed by atoms with E-state index in [-0.39, 0.29) is 11.7 Å². The van der Waals surface area contributed by atoms with Gasteiger partial charge in [0.05, 0.1) is 18.6 Å². The van der Waals surface area contributed by atoms with Gasteiger partial charge in [0.1, 0.15) is 12.0 Å². The molecule has 0 aliphatic rings. The lowest BCUT2D eigenvalue weighted by atomic mass is 9.95. The minimum absolute atomic E-state index is 0.0140. The van der Waals surface area contributed by atoms with Gasteiger partial charge >= 0.3 is 0 Å². The van der Waals surface area contributed by atoms with Crippen molar-refractivity contribution in [2.75, 3.05) is 12.0 Å². The van der Waals surface area contributed by atoms with Crippen molar-refractivity contribution >= 4 is 29.7 Å². The number of amides is 1. The van der Waals surface area contributed by atoms with E-state index in [1.807, 2.05) is 48.7 Å². The van der Waals surface area contributed by atoms with Gasteiger partial charge < -0.3 is 9.78 Å². The van der Waals surface area contributed by atoms with Gasteiger partial charge in [-0.15, -0.1) is 0 Å². The Labute approximate surface area is 191 Å². The number of nitrogens with one attached hydrogen (secondary N) is 3. The number of aryl methyl sites for hydroxylation is 1. The SMILES string of the molecule is CSCC[C@H](C=O)NNC(=O)c1ccc(CCC(=O)c2cnc[nH]2)cc1-c1ccccc1. The minimum Gasteiger partial charge on any atom is -0.342 e. The van der Waals surface area contributed by atoms with Gasteiger partial charge in [0.2, 0.25) is 0 Å². The lowest BCUT2D eigenvalue weighted by Crippen LogP contribution is -2.45. The first kappa shape index (κ1) is 23.4. The quantitative estimate of drug-likeness (QED) is 0.222. The van der Waals surface area contributed by atoms with Gasteiger partial charge in [-0.3, -0.25) is 15.0 Å². The van der Waals surface area contributed by atoms with Crippen molar-refractivity contribution < 1.29 is 14.4 Å². The number of benzene rings is 2. The van der Waals surface area contributed by atoms with E-state index in [4.69, 9.17) is 0 Å². The Hall–Kier alpha value is -3.23. The molecule has 166 valence electrons. The number of hydrogen-bond donors (Lipinski definition) is 3. The van der Waals surface area contributed by atoms with Crippen LogP contribution >= 0.6 is 11.8 Å². The van der Waals surface area contributed by atoms with E-state index in [9.17, 15) is 14.4 Å². The largest absolute Gasteiger partial charge is 0.342 e. The molecule has 3 N–H and O–H groups in total. The van der Waals surface area contributed by atoms with E-state index in [0.29, 0.717) is 30.5 Å². The minimum atomic E-state index is -0.445. The van der Waals surface area contributed by atoms with Crippen molar-refractivity contribution in [2.24, 2.45) is 0 Å². The second kappa shape index (κ2) is 12.0. The van der Waals surface area contributed by atoms with Gasteiger partial charge in [0.15, 0.2) is 5.78 Å². The van der Waals surface area contributed by atoms with Gasteiger partial charge in [0.25, 0.3) is 5.91 Å². The molecule has 0 aliphatic carbocycles. The monoisotopic (exact) mass is 450 g/mol. The predicted octanol–water partition coefficient (Wildman–Crippen LogP) is 3.45. The van der Waals surface area contributed by atoms with Crippen LogP contribution in [0, 0.1) is 0 Å². The number of carbonyl (C=O) groups is 3. The van der Waals surface area contributed by atoms with Crippen LogP contribution in [0.2, 0.25) is 0 Å². The summed E-state index contributed by atoms with van der Waals surface area (Å²) in [6, 6.07) is 14.7. The summed E-state index contributed by atoms with van der Waals surface area (Å²) in [5.74, 6) is 0.480. The molecule has 1 aromatic heterocycles. The van der Waals surface area contributed by atoms with E-state index in [1.54, 1.807) is 17.8 Å². The zero-order chi connectivity index (χ0) is 22.8. The molecule has 0 fully saturated rings. The molecule has 1 atom stereocenters. The van der Waals surface area contributed by atoms with Gasteiger partial charge in [-0.2, -0.15) is 11.8 Å². The number of imidazole rings is 1. The Morgan fingerprint density at radius 3 is 2.69 bits per heavy atom. The van der Waals surface area contributed by atoms with Crippen LogP contribution in [0.5, 0.6) is 0 Å². The smallest absolute Gasteiger partial charge is 0.266 e. The van der Waals surface area contributed by atoms with Crippen LogP contribution < -0.4 is 10.9 Å². The van der Waals surface area contributed by atoms with E-state index >= 15 is 0 Å². The Morgan fingerprint density at radius 2 is 2.00 bits per heavy atom. The van der Waals surface area contributed by atoms with Gasteiger partial charge in [-0.1, -0.05) is 42.5 Å². The number of thioether (sulfide) groups is 1. The average Bonchev–Trinajstić information content (AvgIpc) is 3.38. The highest BCUT2D eigenvalue weighted by Gasteiger charge is 2.16. The third kappa shape index (κ3) is 6.38. The highest BCUT2D eigenvalue weighted by atomic mass is 32.2. The fourth-order valence-corrected chi connectivity index (χ4v) is 3.74. The van der Waals surface area contributed by atoms with Crippen molar-refractivity contribution in [2.45, 2.75) is 25.3 Å². The average molecular weight is 451 g/mol. The van der Waals surface area contributed by atoms with Crippen molar-refractivity contribution in [3.8, 4) is 11.1 Å². The molecule has 1 heterocycles. The zero-order valence-corrected chi connectivity index (χ0v) is 18.7. The highest BCUT2D eigenvalue weighted by Crippen LogP contribution is 2.26. The highest BCUT2D eigenvalue weighted by molar-refractivity contribution is 7.98. The van der Waals surface area contributed by atoms with Crippen molar-refractivity contribution in [3.63, 3.8) is 0 Å². The molecule has 3 rings (SSSR count). The fraction of sp³-hybridized carbons (Fsp3) is 0.250. The first-order valence-electron chi connectivity index (χ1n) is 10.3. The summed E-state index contributed by atoms with van der Waals surface area (Å²) in [5, 5.41) is 0. The van der Waals surface area contributed by atoms with Gasteiger partial charge in [0, 0.05) is 12.0 Å². The van der Waals surface area contributed by atoms with E-state index in [1.165, 1.54) is 12.5 Å². The van der Waals surface area contributed by atoms with E-state index < -0.39 is 6.04 Å². The number of Topliss-reactive ketones (excluding diaryl/α,β-unsaturated/α-hetero) is 1. The summed E-state index contributed by atoms with van der Waals surface area (Å²) in [6.07, 6.45) is 7.27. The van der Waals surface area contributed by atoms with Crippen LogP contribution in [0.3, 0.4) is 0 Å². The first-order chi connectivity index (χ1) is 15.6. The fourth-order valence-electron chi connectivity index (χ4n) is 3.25. The van der Waals surface area contributed by atoms with Crippen LogP contribution in [0.4, 0.5) is 0 Å². The topological polar surface area (TPSA) is 104 Å². The molecule has 8 heteroatoms. The Morgan fingerprint density at radius 1 is 1.19 bits per heavy atom. The summed E-state index contributed by atoms with van der Waals surface area (Å²) in [5.41, 5.74) is 9.07. The predicted molar refractivity (Wildman–Crippen MR) is 127 cm³/mol. The first-order valence-corrected chi connectivity index (χ1v) is 11.7. The second-order valence-electron chi connectivity index (χ2n) is 7.26. The number of rotatable bonds is 12. The number of aromatic nitrogens is 2. The number of H-pyrrole nitrogens is 1. The molecule has 3 aromatic rings. The number of aldehydes is 1. The molecular weight excluding hydrogens is 424 g/mol. The maximum absolute atomic E-state index is 12.9. The van der Waals surface area contributed by atoms with Crippen LogP contribution in [0.25, 0.3) is 11.1 Å². The molecule has 0 saturated heterocycles. The number of nitrogens with zero attached hydrogens (tertiary/aromatic N) is 1. The molecule has 1 amide bonds. The Balaban J connectivity index is 1.77. The third-order valence-corrected chi connectivity index (χ3v) is 5.67. The second-order valence-corrected chi connectivity index (χ2v) is 8.24. The molecular formula is C24H26N4O3S. The molecule has 32 heavy (non-hydrogen) atoms. The molecule has 0 unspecified atom stereocenters. The Kier molecular flexibility index (Phi) is 8.77. The van der Waals surface area contributed by atoms with Crippen LogP contribution in [-0.4, -0.2) is 46.0 Å². The van der Waals surface area contributed by atoms with Crippen LogP contribution in [0.15, 0.2) is 61.1 Å². The molecule has 0 aliphatic heterocycles. The molecule has 0 saturated carbocycles. The Bertz CT molecular complexity index is 1040. The van der Waals surface area contributed by atoms with Crippen molar-refractivity contribution in [1.29, 1.82) is 0 Å². The summed E-state index contributed by atoms with van der Waals surface area (Å²) in [6.45, 7) is 0. The number of hydrogen-bond acceptors (Lipinski definition) is 6. The van der Waals surface area contributed by atoms with Gasteiger partial charge in [-0.25, -0.2) is 10.4 Å². The summed E-state index contributed by atoms with van der Waals surface area (Å²) in [4.78, 5) is 43.2. The van der Waals surface area contributed by atoms with E-state index in [2.05, 4.69) is 20.8 Å². The van der Waals surface area contributed by atoms with Crippen molar-refractivity contribution in [1.82, 2.24) is 20.8 Å². The van der Waals surface area contributed by atoms with Crippen LogP contribution in [-0.2, 0) is 11.2 Å².